The van der Waals surface area contributed by atoms with E-state index in [4.69, 9.17) is 4.74 Å². The first-order valence-electron chi connectivity index (χ1n) is 7.16. The Morgan fingerprint density at radius 1 is 1.40 bits per heavy atom. The van der Waals surface area contributed by atoms with E-state index in [1.165, 1.54) is 17.4 Å². The summed E-state index contributed by atoms with van der Waals surface area (Å²) in [5.41, 5.74) is 2.67. The van der Waals surface area contributed by atoms with Crippen molar-refractivity contribution in [2.75, 3.05) is 25.2 Å². The summed E-state index contributed by atoms with van der Waals surface area (Å²) in [4.78, 5) is 0. The molecule has 1 unspecified atom stereocenters. The van der Waals surface area contributed by atoms with Crippen LogP contribution in [0.3, 0.4) is 0 Å². The van der Waals surface area contributed by atoms with E-state index >= 15 is 0 Å². The second-order valence-electron chi connectivity index (χ2n) is 5.38. The molecule has 0 aromatic heterocycles. The molecular formula is C15H23NO3S. The Morgan fingerprint density at radius 2 is 2.20 bits per heavy atom. The minimum Gasteiger partial charge on any atom is -0.493 e. The highest BCUT2D eigenvalue weighted by Crippen LogP contribution is 2.33. The van der Waals surface area contributed by atoms with Gasteiger partial charge in [-0.05, 0) is 49.1 Å². The summed E-state index contributed by atoms with van der Waals surface area (Å²) in [6, 6.07) is 6.54. The van der Waals surface area contributed by atoms with Crippen LogP contribution in [0.1, 0.15) is 36.9 Å². The molecule has 0 saturated heterocycles. The molecule has 0 radical (unpaired) electrons. The van der Waals surface area contributed by atoms with Crippen molar-refractivity contribution in [3.8, 4) is 5.75 Å². The van der Waals surface area contributed by atoms with E-state index in [9.17, 15) is 8.42 Å². The van der Waals surface area contributed by atoms with Gasteiger partial charge in [0.05, 0.1) is 5.75 Å². The molecule has 1 aromatic rings. The van der Waals surface area contributed by atoms with E-state index in [2.05, 4.69) is 18.3 Å². The Balaban J connectivity index is 1.95. The largest absolute Gasteiger partial charge is 0.493 e. The zero-order chi connectivity index (χ0) is 14.6. The third-order valence-electron chi connectivity index (χ3n) is 3.56. The minimum atomic E-state index is -2.96. The number of aryl methyl sites for hydroxylation is 1. The fourth-order valence-corrected chi connectivity index (χ4v) is 2.91. The number of sulfone groups is 1. The number of nitrogens with one attached hydrogen (secondary N) is 1. The van der Waals surface area contributed by atoms with Crippen molar-refractivity contribution in [3.05, 3.63) is 29.3 Å². The number of ether oxygens (including phenoxy) is 1. The Kier molecular flexibility index (Phi) is 5.05. The van der Waals surface area contributed by atoms with Crippen LogP contribution in [0.2, 0.25) is 0 Å². The van der Waals surface area contributed by atoms with Crippen LogP contribution in [-0.4, -0.2) is 33.6 Å². The molecule has 0 amide bonds. The summed E-state index contributed by atoms with van der Waals surface area (Å²) in [5.74, 6) is 0.827. The van der Waals surface area contributed by atoms with Crippen LogP contribution in [0.5, 0.6) is 5.75 Å². The van der Waals surface area contributed by atoms with Crippen LogP contribution in [0.25, 0.3) is 0 Å². The van der Waals surface area contributed by atoms with E-state index < -0.39 is 9.84 Å². The van der Waals surface area contributed by atoms with Gasteiger partial charge in [0.15, 0.2) is 9.84 Å². The van der Waals surface area contributed by atoms with Crippen LogP contribution >= 0.6 is 0 Å². The number of rotatable bonds is 7. The molecule has 2 rings (SSSR count). The Morgan fingerprint density at radius 3 is 2.90 bits per heavy atom. The summed E-state index contributed by atoms with van der Waals surface area (Å²) in [7, 11) is -2.96. The van der Waals surface area contributed by atoms with Crippen LogP contribution in [0.15, 0.2) is 18.2 Å². The second kappa shape index (κ2) is 6.59. The van der Waals surface area contributed by atoms with E-state index in [1.54, 1.807) is 0 Å². The highest BCUT2D eigenvalue weighted by Gasteiger charge is 2.21. The van der Waals surface area contributed by atoms with Gasteiger partial charge in [-0.15, -0.1) is 0 Å². The van der Waals surface area contributed by atoms with Gasteiger partial charge in [0.1, 0.15) is 12.4 Å². The van der Waals surface area contributed by atoms with Crippen molar-refractivity contribution in [2.45, 2.75) is 32.2 Å². The molecule has 0 saturated carbocycles. The predicted octanol–water partition coefficient (Wildman–Crippen LogP) is 2.10. The minimum absolute atomic E-state index is 0.0603. The summed E-state index contributed by atoms with van der Waals surface area (Å²) in [6.45, 7) is 3.42. The fraction of sp³-hybridized carbons (Fsp3) is 0.600. The van der Waals surface area contributed by atoms with Crippen molar-refractivity contribution < 1.29 is 13.2 Å². The van der Waals surface area contributed by atoms with Crippen LogP contribution in [0.4, 0.5) is 0 Å². The second-order valence-corrected chi connectivity index (χ2v) is 7.64. The van der Waals surface area contributed by atoms with E-state index in [0.29, 0.717) is 6.04 Å². The van der Waals surface area contributed by atoms with Crippen LogP contribution < -0.4 is 10.1 Å². The van der Waals surface area contributed by atoms with Gasteiger partial charge in [-0.2, -0.15) is 0 Å². The molecule has 0 fully saturated rings. The van der Waals surface area contributed by atoms with Gasteiger partial charge < -0.3 is 10.1 Å². The van der Waals surface area contributed by atoms with Gasteiger partial charge in [-0.25, -0.2) is 8.42 Å². The molecular weight excluding hydrogens is 274 g/mol. The van der Waals surface area contributed by atoms with Crippen molar-refractivity contribution in [2.24, 2.45) is 0 Å². The Bertz CT molecular complexity index is 554. The molecule has 1 atom stereocenters. The maximum absolute atomic E-state index is 11.1. The molecule has 112 valence electrons. The average molecular weight is 297 g/mol. The molecule has 0 bridgehead atoms. The molecule has 20 heavy (non-hydrogen) atoms. The van der Waals surface area contributed by atoms with Gasteiger partial charge in [0.25, 0.3) is 0 Å². The highest BCUT2D eigenvalue weighted by atomic mass is 32.2. The SMILES string of the molecule is CCCNC1CCc2cc(OCCS(C)(=O)=O)ccc21. The first-order valence-corrected chi connectivity index (χ1v) is 9.22. The number of benzene rings is 1. The van der Waals surface area contributed by atoms with E-state index in [-0.39, 0.29) is 12.4 Å². The lowest BCUT2D eigenvalue weighted by Crippen LogP contribution is -2.19. The van der Waals surface area contributed by atoms with Crippen molar-refractivity contribution in [3.63, 3.8) is 0 Å². The van der Waals surface area contributed by atoms with Gasteiger partial charge in [-0.3, -0.25) is 0 Å². The average Bonchev–Trinajstić information content (AvgIpc) is 2.77. The highest BCUT2D eigenvalue weighted by molar-refractivity contribution is 7.90. The zero-order valence-corrected chi connectivity index (χ0v) is 13.0. The van der Waals surface area contributed by atoms with Crippen molar-refractivity contribution in [1.29, 1.82) is 0 Å². The number of fused-ring (bicyclic) bond motifs is 1. The lowest BCUT2D eigenvalue weighted by Gasteiger charge is -2.14. The monoisotopic (exact) mass is 297 g/mol. The molecule has 1 aliphatic rings. The lowest BCUT2D eigenvalue weighted by molar-refractivity contribution is 0.341. The topological polar surface area (TPSA) is 55.4 Å². The van der Waals surface area contributed by atoms with E-state index in [1.807, 2.05) is 12.1 Å². The standard InChI is InChI=1S/C15H23NO3S/c1-3-8-16-15-7-4-12-11-13(5-6-14(12)15)19-9-10-20(2,17)18/h5-6,11,15-16H,3-4,7-10H2,1-2H3. The first kappa shape index (κ1) is 15.3. The summed E-state index contributed by atoms with van der Waals surface area (Å²) in [5, 5.41) is 3.55. The molecule has 0 heterocycles. The maximum atomic E-state index is 11.1. The quantitative estimate of drug-likeness (QED) is 0.837. The molecule has 4 nitrogen and oxygen atoms in total. The lowest BCUT2D eigenvalue weighted by atomic mass is 10.1. The Hall–Kier alpha value is -1.07. The van der Waals surface area contributed by atoms with Crippen molar-refractivity contribution in [1.82, 2.24) is 5.32 Å². The zero-order valence-electron chi connectivity index (χ0n) is 12.2. The molecule has 5 heteroatoms. The summed E-state index contributed by atoms with van der Waals surface area (Å²) >= 11 is 0. The third-order valence-corrected chi connectivity index (χ3v) is 4.46. The van der Waals surface area contributed by atoms with Gasteiger partial charge in [-0.1, -0.05) is 13.0 Å². The van der Waals surface area contributed by atoms with Gasteiger partial charge in [0, 0.05) is 12.3 Å². The third kappa shape index (κ3) is 4.21. The Labute approximate surface area is 121 Å². The maximum Gasteiger partial charge on any atom is 0.150 e. The van der Waals surface area contributed by atoms with Crippen LogP contribution in [-0.2, 0) is 16.3 Å². The first-order chi connectivity index (χ1) is 9.49. The van der Waals surface area contributed by atoms with Crippen LogP contribution in [0, 0.1) is 0 Å². The van der Waals surface area contributed by atoms with Gasteiger partial charge >= 0.3 is 0 Å². The number of hydrogen-bond acceptors (Lipinski definition) is 4. The molecule has 0 aliphatic heterocycles. The molecule has 1 aliphatic carbocycles. The summed E-state index contributed by atoms with van der Waals surface area (Å²) < 4.78 is 27.7. The molecule has 0 spiro atoms. The van der Waals surface area contributed by atoms with Crippen molar-refractivity contribution >= 4 is 9.84 Å². The molecule has 1 aromatic carbocycles. The normalized spacial score (nSPS) is 18.0. The van der Waals surface area contributed by atoms with Gasteiger partial charge in [0.2, 0.25) is 0 Å². The number of hydrogen-bond donors (Lipinski definition) is 1. The summed E-state index contributed by atoms with van der Waals surface area (Å²) in [6.07, 6.45) is 4.55. The molecule has 1 N–H and O–H groups in total. The van der Waals surface area contributed by atoms with E-state index in [0.717, 1.165) is 31.6 Å². The predicted molar refractivity (Wildman–Crippen MR) is 81.0 cm³/mol. The smallest absolute Gasteiger partial charge is 0.150 e. The fourth-order valence-electron chi connectivity index (χ4n) is 2.53.